The first-order valence-electron chi connectivity index (χ1n) is 8.79. The van der Waals surface area contributed by atoms with E-state index in [0.717, 1.165) is 34.6 Å². The number of halogens is 1. The van der Waals surface area contributed by atoms with Crippen molar-refractivity contribution in [1.29, 1.82) is 0 Å². The predicted octanol–water partition coefficient (Wildman–Crippen LogP) is 4.62. The molecule has 132 valence electrons. The highest BCUT2D eigenvalue weighted by atomic mass is 35.5. The molecule has 0 radical (unpaired) electrons. The second-order valence-electron chi connectivity index (χ2n) is 6.55. The molecule has 0 spiro atoms. The standard InChI is InChI=1S/C21H20ClN3O/c1-3-15-6-4-5-7-20(15)25-21(16-8-10-17(22)11-9-16)18-12-24(14(2)26)13-19(18)23-25/h4-11H,3,12-13H2,1-2H3. The maximum Gasteiger partial charge on any atom is 0.220 e. The van der Waals surface area contributed by atoms with Crippen LogP contribution in [0.5, 0.6) is 0 Å². The predicted molar refractivity (Wildman–Crippen MR) is 103 cm³/mol. The molecule has 1 aliphatic rings. The minimum absolute atomic E-state index is 0.0746. The van der Waals surface area contributed by atoms with Crippen molar-refractivity contribution in [3.63, 3.8) is 0 Å². The first-order valence-corrected chi connectivity index (χ1v) is 9.16. The van der Waals surface area contributed by atoms with Crippen LogP contribution in [0.3, 0.4) is 0 Å². The third-order valence-electron chi connectivity index (χ3n) is 4.92. The lowest BCUT2D eigenvalue weighted by Crippen LogP contribution is -2.23. The molecular weight excluding hydrogens is 346 g/mol. The van der Waals surface area contributed by atoms with Gasteiger partial charge in [-0.25, -0.2) is 4.68 Å². The highest BCUT2D eigenvalue weighted by Gasteiger charge is 2.30. The number of hydrogen-bond acceptors (Lipinski definition) is 2. The molecule has 1 amide bonds. The van der Waals surface area contributed by atoms with E-state index >= 15 is 0 Å². The summed E-state index contributed by atoms with van der Waals surface area (Å²) >= 11 is 6.08. The molecule has 3 aromatic rings. The molecule has 0 unspecified atom stereocenters. The molecule has 0 atom stereocenters. The van der Waals surface area contributed by atoms with Crippen molar-refractivity contribution in [2.24, 2.45) is 0 Å². The van der Waals surface area contributed by atoms with Crippen LogP contribution in [0.1, 0.15) is 30.7 Å². The van der Waals surface area contributed by atoms with Gasteiger partial charge in [-0.2, -0.15) is 5.10 Å². The molecule has 1 aliphatic heterocycles. The first kappa shape index (κ1) is 16.9. The number of nitrogens with zero attached hydrogens (tertiary/aromatic N) is 3. The van der Waals surface area contributed by atoms with E-state index in [4.69, 9.17) is 16.7 Å². The van der Waals surface area contributed by atoms with E-state index in [0.29, 0.717) is 18.1 Å². The summed E-state index contributed by atoms with van der Waals surface area (Å²) in [6, 6.07) is 16.1. The molecule has 4 nitrogen and oxygen atoms in total. The Kier molecular flexibility index (Phi) is 4.29. The highest BCUT2D eigenvalue weighted by molar-refractivity contribution is 6.30. The molecule has 5 heteroatoms. The Bertz CT molecular complexity index is 975. The number of amides is 1. The summed E-state index contributed by atoms with van der Waals surface area (Å²) in [5.41, 5.74) is 6.52. The average molecular weight is 366 g/mol. The molecule has 0 N–H and O–H groups in total. The lowest BCUT2D eigenvalue weighted by Gasteiger charge is -2.16. The summed E-state index contributed by atoms with van der Waals surface area (Å²) in [5, 5.41) is 5.60. The normalized spacial score (nSPS) is 13.1. The van der Waals surface area contributed by atoms with Gasteiger partial charge in [0.2, 0.25) is 5.91 Å². The van der Waals surface area contributed by atoms with Crippen LogP contribution in [0.2, 0.25) is 5.02 Å². The van der Waals surface area contributed by atoms with Gasteiger partial charge in [0.15, 0.2) is 0 Å². The van der Waals surface area contributed by atoms with Crippen LogP contribution in [0.4, 0.5) is 0 Å². The number of hydrogen-bond donors (Lipinski definition) is 0. The van der Waals surface area contributed by atoms with E-state index in [2.05, 4.69) is 25.1 Å². The SMILES string of the molecule is CCc1ccccc1-n1nc2c(c1-c1ccc(Cl)cc1)CN(C(C)=O)C2. The Morgan fingerprint density at radius 3 is 2.54 bits per heavy atom. The average Bonchev–Trinajstić information content (AvgIpc) is 3.20. The zero-order chi connectivity index (χ0) is 18.3. The molecule has 2 aromatic carbocycles. The Morgan fingerprint density at radius 1 is 1.12 bits per heavy atom. The molecule has 4 rings (SSSR count). The third-order valence-corrected chi connectivity index (χ3v) is 5.17. The third kappa shape index (κ3) is 2.80. The number of rotatable bonds is 3. The van der Waals surface area contributed by atoms with Gasteiger partial charge < -0.3 is 4.90 Å². The van der Waals surface area contributed by atoms with Crippen LogP contribution >= 0.6 is 11.6 Å². The summed E-state index contributed by atoms with van der Waals surface area (Å²) < 4.78 is 2.03. The van der Waals surface area contributed by atoms with Crippen LogP contribution in [0.25, 0.3) is 16.9 Å². The van der Waals surface area contributed by atoms with Gasteiger partial charge in [0.05, 0.1) is 30.2 Å². The molecule has 0 bridgehead atoms. The molecule has 1 aromatic heterocycles. The van der Waals surface area contributed by atoms with Crippen molar-refractivity contribution in [2.75, 3.05) is 0 Å². The lowest BCUT2D eigenvalue weighted by molar-refractivity contribution is -0.129. The number of carbonyl (C=O) groups excluding carboxylic acids is 1. The second kappa shape index (κ2) is 6.61. The largest absolute Gasteiger partial charge is 0.332 e. The van der Waals surface area contributed by atoms with Crippen molar-refractivity contribution in [2.45, 2.75) is 33.4 Å². The van der Waals surface area contributed by atoms with Gasteiger partial charge in [-0.1, -0.05) is 48.9 Å². The Balaban J connectivity index is 1.92. The van der Waals surface area contributed by atoms with Crippen LogP contribution in [-0.4, -0.2) is 20.6 Å². The molecule has 26 heavy (non-hydrogen) atoms. The molecule has 0 aliphatic carbocycles. The number of aromatic nitrogens is 2. The van der Waals surface area contributed by atoms with E-state index in [1.165, 1.54) is 5.56 Å². The van der Waals surface area contributed by atoms with E-state index in [-0.39, 0.29) is 5.91 Å². The number of benzene rings is 2. The zero-order valence-corrected chi connectivity index (χ0v) is 15.6. The van der Waals surface area contributed by atoms with Gasteiger partial charge in [0.1, 0.15) is 0 Å². The summed E-state index contributed by atoms with van der Waals surface area (Å²) in [6.07, 6.45) is 0.931. The van der Waals surface area contributed by atoms with E-state index in [9.17, 15) is 4.79 Å². The minimum atomic E-state index is 0.0746. The van der Waals surface area contributed by atoms with Crippen molar-refractivity contribution < 1.29 is 4.79 Å². The minimum Gasteiger partial charge on any atom is -0.332 e. The summed E-state index contributed by atoms with van der Waals surface area (Å²) in [5.74, 6) is 0.0746. The Labute approximate surface area is 158 Å². The molecule has 0 fully saturated rings. The fourth-order valence-corrected chi connectivity index (χ4v) is 3.66. The molecule has 0 saturated carbocycles. The maximum absolute atomic E-state index is 11.8. The van der Waals surface area contributed by atoms with Gasteiger partial charge in [0.25, 0.3) is 0 Å². The quantitative estimate of drug-likeness (QED) is 0.679. The fourth-order valence-electron chi connectivity index (χ4n) is 3.53. The number of carbonyl (C=O) groups is 1. The monoisotopic (exact) mass is 365 g/mol. The summed E-state index contributed by atoms with van der Waals surface area (Å²) in [7, 11) is 0. The maximum atomic E-state index is 11.8. The zero-order valence-electron chi connectivity index (χ0n) is 14.9. The summed E-state index contributed by atoms with van der Waals surface area (Å²) in [4.78, 5) is 13.7. The molecular formula is C21H20ClN3O. The number of aryl methyl sites for hydroxylation is 1. The smallest absolute Gasteiger partial charge is 0.220 e. The second-order valence-corrected chi connectivity index (χ2v) is 6.99. The van der Waals surface area contributed by atoms with Crippen molar-refractivity contribution >= 4 is 17.5 Å². The van der Waals surface area contributed by atoms with Gasteiger partial charge in [-0.3, -0.25) is 4.79 Å². The highest BCUT2D eigenvalue weighted by Crippen LogP contribution is 2.35. The van der Waals surface area contributed by atoms with Crippen LogP contribution in [-0.2, 0) is 24.3 Å². The van der Waals surface area contributed by atoms with Crippen molar-refractivity contribution in [3.8, 4) is 16.9 Å². The molecule has 2 heterocycles. The molecule has 0 saturated heterocycles. The Hall–Kier alpha value is -2.59. The number of para-hydroxylation sites is 1. The fraction of sp³-hybridized carbons (Fsp3) is 0.238. The van der Waals surface area contributed by atoms with Gasteiger partial charge in [-0.05, 0) is 30.2 Å². The summed E-state index contributed by atoms with van der Waals surface area (Å²) in [6.45, 7) is 4.91. The van der Waals surface area contributed by atoms with Crippen LogP contribution < -0.4 is 0 Å². The van der Waals surface area contributed by atoms with Gasteiger partial charge in [-0.15, -0.1) is 0 Å². The number of fused-ring (bicyclic) bond motifs is 1. The first-order chi connectivity index (χ1) is 12.6. The van der Waals surface area contributed by atoms with Crippen LogP contribution in [0.15, 0.2) is 48.5 Å². The van der Waals surface area contributed by atoms with E-state index in [1.807, 2.05) is 39.9 Å². The lowest BCUT2D eigenvalue weighted by atomic mass is 10.1. The van der Waals surface area contributed by atoms with Crippen molar-refractivity contribution in [1.82, 2.24) is 14.7 Å². The van der Waals surface area contributed by atoms with E-state index in [1.54, 1.807) is 6.92 Å². The Morgan fingerprint density at radius 2 is 1.85 bits per heavy atom. The van der Waals surface area contributed by atoms with E-state index < -0.39 is 0 Å². The van der Waals surface area contributed by atoms with Crippen molar-refractivity contribution in [3.05, 3.63) is 70.4 Å². The van der Waals surface area contributed by atoms with Gasteiger partial charge in [0, 0.05) is 23.1 Å². The van der Waals surface area contributed by atoms with Crippen LogP contribution in [0, 0.1) is 0 Å². The topological polar surface area (TPSA) is 38.1 Å². The van der Waals surface area contributed by atoms with Gasteiger partial charge >= 0.3 is 0 Å².